The third kappa shape index (κ3) is 6.44. The zero-order valence-corrected chi connectivity index (χ0v) is 17.6. The van der Waals surface area contributed by atoms with Gasteiger partial charge in [-0.25, -0.2) is 14.6 Å². The second-order valence-corrected chi connectivity index (χ2v) is 7.42. The first kappa shape index (κ1) is 23.6. The standard InChI is InChI=1S/C18H18ClF3N4O3S/c1-4-7-25(3)9-13-10-30-17(24-13)26(29-15(27)18(20,21)22)16(28)23-12-6-5-11(2)14(19)8-12/h4-6,8,10H,1,7,9H2,2-3H3,(H,23,28). The Balaban J connectivity index is 2.26. The first-order chi connectivity index (χ1) is 14.0. The van der Waals surface area contributed by atoms with Gasteiger partial charge in [0.1, 0.15) is 0 Å². The third-order valence-corrected chi connectivity index (χ3v) is 4.86. The molecule has 0 unspecified atom stereocenters. The summed E-state index contributed by atoms with van der Waals surface area (Å²) in [5.74, 6) is -2.56. The van der Waals surface area contributed by atoms with Crippen molar-refractivity contribution in [2.75, 3.05) is 24.0 Å². The Bertz CT molecular complexity index is 936. The predicted octanol–water partition coefficient (Wildman–Crippen LogP) is 4.78. The molecular weight excluding hydrogens is 445 g/mol. The van der Waals surface area contributed by atoms with Crippen LogP contribution in [-0.2, 0) is 16.2 Å². The number of nitrogens with one attached hydrogen (secondary N) is 1. The molecule has 0 aliphatic heterocycles. The van der Waals surface area contributed by atoms with Crippen molar-refractivity contribution < 1.29 is 27.6 Å². The van der Waals surface area contributed by atoms with Crippen LogP contribution in [-0.4, -0.2) is 41.7 Å². The summed E-state index contributed by atoms with van der Waals surface area (Å²) in [6, 6.07) is 3.38. The molecule has 1 aromatic heterocycles. The minimum absolute atomic E-state index is 0.172. The molecule has 0 saturated heterocycles. The number of anilines is 2. The number of carbonyl (C=O) groups is 2. The van der Waals surface area contributed by atoms with Gasteiger partial charge in [-0.15, -0.1) is 17.9 Å². The molecule has 0 fully saturated rings. The number of hydroxylamine groups is 1. The summed E-state index contributed by atoms with van der Waals surface area (Å²) in [6.45, 7) is 6.25. The second-order valence-electron chi connectivity index (χ2n) is 6.17. The van der Waals surface area contributed by atoms with Crippen molar-refractivity contribution in [3.05, 3.63) is 52.5 Å². The average Bonchev–Trinajstić information content (AvgIpc) is 3.09. The molecule has 162 valence electrons. The number of nitrogens with zero attached hydrogens (tertiary/aromatic N) is 3. The number of halogens is 4. The van der Waals surface area contributed by atoms with Gasteiger partial charge in [-0.1, -0.05) is 28.8 Å². The van der Waals surface area contributed by atoms with Crippen molar-refractivity contribution in [1.82, 2.24) is 9.88 Å². The van der Waals surface area contributed by atoms with E-state index in [0.717, 1.165) is 16.9 Å². The average molecular weight is 463 g/mol. The van der Waals surface area contributed by atoms with Gasteiger partial charge in [0.05, 0.1) is 5.69 Å². The number of alkyl halides is 3. The Labute approximate surface area is 179 Å². The van der Waals surface area contributed by atoms with Crippen molar-refractivity contribution in [3.8, 4) is 0 Å². The highest BCUT2D eigenvalue weighted by Crippen LogP contribution is 2.26. The molecule has 0 aliphatic carbocycles. The van der Waals surface area contributed by atoms with Gasteiger partial charge in [0.15, 0.2) is 0 Å². The summed E-state index contributed by atoms with van der Waals surface area (Å²) in [5, 5.41) is 4.15. The molecule has 0 bridgehead atoms. The molecule has 30 heavy (non-hydrogen) atoms. The molecule has 7 nitrogen and oxygen atoms in total. The summed E-state index contributed by atoms with van der Waals surface area (Å²) in [7, 11) is 1.79. The third-order valence-electron chi connectivity index (χ3n) is 3.60. The van der Waals surface area contributed by atoms with Crippen LogP contribution in [0.5, 0.6) is 0 Å². The topological polar surface area (TPSA) is 74.8 Å². The highest BCUT2D eigenvalue weighted by Gasteiger charge is 2.44. The summed E-state index contributed by atoms with van der Waals surface area (Å²) >= 11 is 6.84. The van der Waals surface area contributed by atoms with Crippen LogP contribution in [0.1, 0.15) is 11.3 Å². The van der Waals surface area contributed by atoms with Gasteiger partial charge >= 0.3 is 18.2 Å². The smallest absolute Gasteiger partial charge is 0.320 e. The van der Waals surface area contributed by atoms with Gasteiger partial charge in [-0.2, -0.15) is 13.2 Å². The summed E-state index contributed by atoms with van der Waals surface area (Å²) in [4.78, 5) is 34.2. The van der Waals surface area contributed by atoms with E-state index in [4.69, 9.17) is 11.6 Å². The maximum absolute atomic E-state index is 12.7. The number of amides is 2. The first-order valence-electron chi connectivity index (χ1n) is 8.41. The van der Waals surface area contributed by atoms with Crippen LogP contribution in [0.3, 0.4) is 0 Å². The predicted molar refractivity (Wildman–Crippen MR) is 108 cm³/mol. The SMILES string of the molecule is C=CCN(C)Cc1csc(N(OC(=O)C(F)(F)F)C(=O)Nc2ccc(C)c(Cl)c2)n1. The number of aryl methyl sites for hydroxylation is 1. The van der Waals surface area contributed by atoms with E-state index in [9.17, 15) is 22.8 Å². The number of hydrogen-bond donors (Lipinski definition) is 1. The Hall–Kier alpha value is -2.63. The number of urea groups is 1. The minimum atomic E-state index is -5.30. The lowest BCUT2D eigenvalue weighted by molar-refractivity contribution is -0.199. The molecular formula is C18H18ClF3N4O3S. The summed E-state index contributed by atoms with van der Waals surface area (Å²) in [5.41, 5.74) is 1.41. The maximum atomic E-state index is 12.7. The number of rotatable bonds is 6. The molecule has 0 radical (unpaired) electrons. The van der Waals surface area contributed by atoms with Gasteiger partial charge in [-0.05, 0) is 31.7 Å². The Morgan fingerprint density at radius 3 is 2.70 bits per heavy atom. The molecule has 0 aliphatic rings. The number of hydrogen-bond acceptors (Lipinski definition) is 6. The van der Waals surface area contributed by atoms with Crippen molar-refractivity contribution in [2.45, 2.75) is 19.6 Å². The lowest BCUT2D eigenvalue weighted by Gasteiger charge is -2.19. The van der Waals surface area contributed by atoms with E-state index in [1.165, 1.54) is 12.1 Å². The minimum Gasteiger partial charge on any atom is -0.320 e. The molecule has 1 heterocycles. The Morgan fingerprint density at radius 2 is 2.10 bits per heavy atom. The summed E-state index contributed by atoms with van der Waals surface area (Å²) in [6.07, 6.45) is -3.62. The van der Waals surface area contributed by atoms with Crippen molar-refractivity contribution in [1.29, 1.82) is 0 Å². The molecule has 12 heteroatoms. The monoisotopic (exact) mass is 462 g/mol. The second kappa shape index (κ2) is 9.92. The Kier molecular flexibility index (Phi) is 7.82. The van der Waals surface area contributed by atoms with Crippen molar-refractivity contribution >= 4 is 45.8 Å². The molecule has 2 rings (SSSR count). The fourth-order valence-corrected chi connectivity index (χ4v) is 3.11. The fourth-order valence-electron chi connectivity index (χ4n) is 2.17. The molecule has 1 N–H and O–H groups in total. The van der Waals surface area contributed by atoms with E-state index in [2.05, 4.69) is 21.7 Å². The fraction of sp³-hybridized carbons (Fsp3) is 0.278. The normalized spacial score (nSPS) is 11.3. The largest absolute Gasteiger partial charge is 0.493 e. The van der Waals surface area contributed by atoms with E-state index in [1.807, 2.05) is 4.90 Å². The highest BCUT2D eigenvalue weighted by molar-refractivity contribution is 7.14. The zero-order chi connectivity index (χ0) is 22.5. The van der Waals surface area contributed by atoms with E-state index in [0.29, 0.717) is 23.8 Å². The number of benzene rings is 1. The van der Waals surface area contributed by atoms with Gasteiger partial charge < -0.3 is 10.2 Å². The number of thiazole rings is 1. The van der Waals surface area contributed by atoms with Crippen molar-refractivity contribution in [2.24, 2.45) is 0 Å². The molecule has 2 aromatic rings. The van der Waals surface area contributed by atoms with E-state index >= 15 is 0 Å². The lowest BCUT2D eigenvalue weighted by Crippen LogP contribution is -2.41. The highest BCUT2D eigenvalue weighted by atomic mass is 35.5. The van der Waals surface area contributed by atoms with Crippen LogP contribution in [0.2, 0.25) is 5.02 Å². The molecule has 0 saturated carbocycles. The van der Waals surface area contributed by atoms with Crippen LogP contribution in [0.4, 0.5) is 28.8 Å². The Morgan fingerprint density at radius 1 is 1.40 bits per heavy atom. The van der Waals surface area contributed by atoms with E-state index < -0.39 is 18.2 Å². The first-order valence-corrected chi connectivity index (χ1v) is 9.67. The molecule has 0 atom stereocenters. The number of carbonyl (C=O) groups excluding carboxylic acids is 2. The van der Waals surface area contributed by atoms with Crippen LogP contribution in [0.15, 0.2) is 36.2 Å². The quantitative estimate of drug-likeness (QED) is 0.494. The van der Waals surface area contributed by atoms with E-state index in [-0.39, 0.29) is 15.9 Å². The van der Waals surface area contributed by atoms with Crippen LogP contribution in [0.25, 0.3) is 0 Å². The van der Waals surface area contributed by atoms with Crippen LogP contribution < -0.4 is 10.4 Å². The lowest BCUT2D eigenvalue weighted by atomic mass is 10.2. The summed E-state index contributed by atoms with van der Waals surface area (Å²) < 4.78 is 38.1. The molecule has 0 spiro atoms. The van der Waals surface area contributed by atoms with Gasteiger partial charge in [0.2, 0.25) is 5.13 Å². The van der Waals surface area contributed by atoms with Gasteiger partial charge in [0.25, 0.3) is 0 Å². The van der Waals surface area contributed by atoms with Crippen molar-refractivity contribution in [3.63, 3.8) is 0 Å². The number of likely N-dealkylation sites (N-methyl/N-ethyl adjacent to an activating group) is 1. The van der Waals surface area contributed by atoms with Crippen LogP contribution >= 0.6 is 22.9 Å². The van der Waals surface area contributed by atoms with Gasteiger partial charge in [-0.3, -0.25) is 4.90 Å². The van der Waals surface area contributed by atoms with E-state index in [1.54, 1.807) is 31.5 Å². The van der Waals surface area contributed by atoms with Crippen LogP contribution in [0, 0.1) is 6.92 Å². The zero-order valence-electron chi connectivity index (χ0n) is 16.0. The molecule has 2 amide bonds. The number of aromatic nitrogens is 1. The maximum Gasteiger partial charge on any atom is 0.493 e. The van der Waals surface area contributed by atoms with Gasteiger partial charge in [0, 0.05) is 29.2 Å². The molecule has 1 aromatic carbocycles.